The molecule has 1 unspecified atom stereocenters. The largest absolute Gasteiger partial charge is 0.310 e. The lowest BCUT2D eigenvalue weighted by Crippen LogP contribution is -2.39. The molecule has 0 spiro atoms. The quantitative estimate of drug-likeness (QED) is 0.846. The summed E-state index contributed by atoms with van der Waals surface area (Å²) in [7, 11) is 4.38. The SMILES string of the molecule is CN(C)C(CNCc1cccs1)C1CC1.Cl. The second kappa shape index (κ2) is 6.60. The first-order valence-electron chi connectivity index (χ1n) is 5.67. The first-order valence-corrected chi connectivity index (χ1v) is 6.55. The fourth-order valence-electron chi connectivity index (χ4n) is 2.01. The average molecular weight is 261 g/mol. The van der Waals surface area contributed by atoms with Crippen LogP contribution < -0.4 is 5.32 Å². The highest BCUT2D eigenvalue weighted by molar-refractivity contribution is 7.09. The maximum Gasteiger partial charge on any atom is 0.0300 e. The van der Waals surface area contributed by atoms with Gasteiger partial charge in [-0.3, -0.25) is 0 Å². The van der Waals surface area contributed by atoms with Crippen LogP contribution in [0.3, 0.4) is 0 Å². The number of halogens is 1. The van der Waals surface area contributed by atoms with E-state index < -0.39 is 0 Å². The summed E-state index contributed by atoms with van der Waals surface area (Å²) in [6.07, 6.45) is 2.84. The predicted octanol–water partition coefficient (Wildman–Crippen LogP) is 2.60. The number of nitrogens with one attached hydrogen (secondary N) is 1. The van der Waals surface area contributed by atoms with Gasteiger partial charge >= 0.3 is 0 Å². The van der Waals surface area contributed by atoms with Crippen molar-refractivity contribution < 1.29 is 0 Å². The lowest BCUT2D eigenvalue weighted by molar-refractivity contribution is 0.255. The summed E-state index contributed by atoms with van der Waals surface area (Å²) >= 11 is 1.83. The highest BCUT2D eigenvalue weighted by Gasteiger charge is 2.31. The van der Waals surface area contributed by atoms with Gasteiger partial charge in [0.2, 0.25) is 0 Å². The standard InChI is InChI=1S/C12H20N2S.ClH/c1-14(2)12(10-5-6-10)9-13-8-11-4-3-7-15-11;/h3-4,7,10,12-13H,5-6,8-9H2,1-2H3;1H. The number of rotatable bonds is 6. The van der Waals surface area contributed by atoms with Gasteiger partial charge in [0.1, 0.15) is 0 Å². The van der Waals surface area contributed by atoms with Gasteiger partial charge in [-0.2, -0.15) is 0 Å². The molecule has 0 radical (unpaired) electrons. The summed E-state index contributed by atoms with van der Waals surface area (Å²) in [5.74, 6) is 0.941. The average Bonchev–Trinajstić information content (AvgIpc) is 2.89. The molecule has 16 heavy (non-hydrogen) atoms. The zero-order valence-corrected chi connectivity index (χ0v) is 11.6. The molecular formula is C12H21ClN2S. The van der Waals surface area contributed by atoms with Crippen molar-refractivity contribution in [2.45, 2.75) is 25.4 Å². The first-order chi connectivity index (χ1) is 7.27. The van der Waals surface area contributed by atoms with Crippen molar-refractivity contribution in [3.8, 4) is 0 Å². The van der Waals surface area contributed by atoms with Crippen molar-refractivity contribution in [3.63, 3.8) is 0 Å². The van der Waals surface area contributed by atoms with Gasteiger partial charge in [0, 0.05) is 24.0 Å². The van der Waals surface area contributed by atoms with E-state index in [9.17, 15) is 0 Å². The number of thiophene rings is 1. The summed E-state index contributed by atoms with van der Waals surface area (Å²) in [6, 6.07) is 5.04. The van der Waals surface area contributed by atoms with Crippen molar-refractivity contribution in [2.75, 3.05) is 20.6 Å². The molecule has 1 atom stereocenters. The summed E-state index contributed by atoms with van der Waals surface area (Å²) in [5.41, 5.74) is 0. The van der Waals surface area contributed by atoms with Gasteiger partial charge in [-0.15, -0.1) is 23.7 Å². The van der Waals surface area contributed by atoms with Crippen LogP contribution in [0.2, 0.25) is 0 Å². The van der Waals surface area contributed by atoms with Gasteiger partial charge in [0.25, 0.3) is 0 Å². The van der Waals surface area contributed by atoms with E-state index in [4.69, 9.17) is 0 Å². The minimum Gasteiger partial charge on any atom is -0.310 e. The normalized spacial score (nSPS) is 17.2. The first kappa shape index (κ1) is 14.0. The molecule has 1 aliphatic carbocycles. The summed E-state index contributed by atoms with van der Waals surface area (Å²) in [6.45, 7) is 2.14. The Morgan fingerprint density at radius 2 is 2.25 bits per heavy atom. The third kappa shape index (κ3) is 4.06. The fourth-order valence-corrected chi connectivity index (χ4v) is 2.68. The Morgan fingerprint density at radius 3 is 2.75 bits per heavy atom. The van der Waals surface area contributed by atoms with Crippen molar-refractivity contribution in [1.82, 2.24) is 10.2 Å². The molecule has 1 heterocycles. The van der Waals surface area contributed by atoms with Crippen LogP contribution in [-0.2, 0) is 6.54 Å². The zero-order valence-electron chi connectivity index (χ0n) is 9.98. The molecule has 2 nitrogen and oxygen atoms in total. The Balaban J connectivity index is 0.00000128. The number of nitrogens with zero attached hydrogens (tertiary/aromatic N) is 1. The number of likely N-dealkylation sites (N-methyl/N-ethyl adjacent to an activating group) is 1. The van der Waals surface area contributed by atoms with Crippen LogP contribution in [0.1, 0.15) is 17.7 Å². The van der Waals surface area contributed by atoms with E-state index in [-0.39, 0.29) is 12.4 Å². The van der Waals surface area contributed by atoms with Crippen molar-refractivity contribution in [2.24, 2.45) is 5.92 Å². The molecule has 1 N–H and O–H groups in total. The molecule has 0 amide bonds. The highest BCUT2D eigenvalue weighted by atomic mass is 35.5. The zero-order chi connectivity index (χ0) is 10.7. The van der Waals surface area contributed by atoms with Gasteiger partial charge < -0.3 is 10.2 Å². The monoisotopic (exact) mass is 260 g/mol. The van der Waals surface area contributed by atoms with Crippen LogP contribution in [0.15, 0.2) is 17.5 Å². The van der Waals surface area contributed by atoms with Crippen LogP contribution >= 0.6 is 23.7 Å². The van der Waals surface area contributed by atoms with E-state index in [2.05, 4.69) is 41.8 Å². The molecule has 0 bridgehead atoms. The van der Waals surface area contributed by atoms with Gasteiger partial charge in [-0.25, -0.2) is 0 Å². The molecule has 1 aliphatic rings. The molecule has 1 saturated carbocycles. The molecule has 1 aromatic heterocycles. The van der Waals surface area contributed by atoms with Crippen molar-refractivity contribution in [1.29, 1.82) is 0 Å². The summed E-state index contributed by atoms with van der Waals surface area (Å²) < 4.78 is 0. The van der Waals surface area contributed by atoms with Crippen LogP contribution in [-0.4, -0.2) is 31.6 Å². The molecular weight excluding hydrogens is 240 g/mol. The molecule has 0 aliphatic heterocycles. The third-order valence-electron chi connectivity index (χ3n) is 3.06. The van der Waals surface area contributed by atoms with E-state index in [0.29, 0.717) is 0 Å². The maximum absolute atomic E-state index is 3.56. The molecule has 92 valence electrons. The van der Waals surface area contributed by atoms with Gasteiger partial charge in [0.05, 0.1) is 0 Å². The van der Waals surface area contributed by atoms with E-state index in [0.717, 1.165) is 25.0 Å². The Bertz CT molecular complexity index is 281. The molecule has 4 heteroatoms. The molecule has 1 aromatic rings. The molecule has 0 aromatic carbocycles. The van der Waals surface area contributed by atoms with Crippen LogP contribution in [0.25, 0.3) is 0 Å². The van der Waals surface area contributed by atoms with Crippen molar-refractivity contribution in [3.05, 3.63) is 22.4 Å². The smallest absolute Gasteiger partial charge is 0.0300 e. The van der Waals surface area contributed by atoms with Gasteiger partial charge in [-0.05, 0) is 44.3 Å². The number of hydrogen-bond donors (Lipinski definition) is 1. The van der Waals surface area contributed by atoms with Crippen LogP contribution in [0, 0.1) is 5.92 Å². The number of hydrogen-bond acceptors (Lipinski definition) is 3. The molecule has 0 saturated heterocycles. The predicted molar refractivity (Wildman–Crippen MR) is 73.5 cm³/mol. The van der Waals surface area contributed by atoms with Crippen LogP contribution in [0.5, 0.6) is 0 Å². The fraction of sp³-hybridized carbons (Fsp3) is 0.667. The topological polar surface area (TPSA) is 15.3 Å². The molecule has 1 fully saturated rings. The third-order valence-corrected chi connectivity index (χ3v) is 3.94. The maximum atomic E-state index is 3.56. The van der Waals surface area contributed by atoms with Crippen molar-refractivity contribution >= 4 is 23.7 Å². The van der Waals surface area contributed by atoms with E-state index in [1.807, 2.05) is 11.3 Å². The highest BCUT2D eigenvalue weighted by Crippen LogP contribution is 2.34. The lowest BCUT2D eigenvalue weighted by Gasteiger charge is -2.24. The second-order valence-electron chi connectivity index (χ2n) is 4.58. The van der Waals surface area contributed by atoms with E-state index >= 15 is 0 Å². The van der Waals surface area contributed by atoms with Gasteiger partial charge in [0.15, 0.2) is 0 Å². The Morgan fingerprint density at radius 1 is 1.50 bits per heavy atom. The lowest BCUT2D eigenvalue weighted by atomic mass is 10.1. The van der Waals surface area contributed by atoms with E-state index in [1.54, 1.807) is 0 Å². The second-order valence-corrected chi connectivity index (χ2v) is 5.61. The van der Waals surface area contributed by atoms with E-state index in [1.165, 1.54) is 17.7 Å². The minimum absolute atomic E-state index is 0. The Hall–Kier alpha value is -0.0900. The Labute approximate surface area is 108 Å². The minimum atomic E-state index is 0. The summed E-state index contributed by atoms with van der Waals surface area (Å²) in [5, 5.41) is 5.70. The summed E-state index contributed by atoms with van der Waals surface area (Å²) in [4.78, 5) is 3.79. The van der Waals surface area contributed by atoms with Gasteiger partial charge in [-0.1, -0.05) is 6.07 Å². The van der Waals surface area contributed by atoms with Crippen LogP contribution in [0.4, 0.5) is 0 Å². The Kier molecular flexibility index (Phi) is 5.76. The molecule has 2 rings (SSSR count).